The third-order valence-electron chi connectivity index (χ3n) is 5.34. The molecule has 0 radical (unpaired) electrons. The minimum atomic E-state index is -0.877. The van der Waals surface area contributed by atoms with Crippen LogP contribution in [-0.4, -0.2) is 21.7 Å². The number of hydrogen-bond donors (Lipinski definition) is 1. The Morgan fingerprint density at radius 3 is 2.66 bits per heavy atom. The fourth-order valence-electron chi connectivity index (χ4n) is 3.87. The lowest BCUT2D eigenvalue weighted by atomic mass is 9.95. The molecule has 4 aromatic rings. The lowest BCUT2D eigenvalue weighted by Crippen LogP contribution is -2.30. The zero-order valence-electron chi connectivity index (χ0n) is 16.4. The average Bonchev–Trinajstić information content (AvgIpc) is 3.49. The standard InChI is InChI=1S/C24H15BrFNO4S/c25-15-5-8-18-14(10-15)11-19(31-18)22(28)20-21(13-3-6-16(26)7-4-13)27(24(30)23(20)29)12-17-2-1-9-32-17/h1-11,21,29H,12H2. The van der Waals surface area contributed by atoms with Crippen molar-refractivity contribution in [3.8, 4) is 0 Å². The van der Waals surface area contributed by atoms with Crippen LogP contribution in [0.25, 0.3) is 11.0 Å². The molecule has 0 aliphatic carbocycles. The number of ketones is 1. The molecule has 1 aliphatic rings. The number of fused-ring (bicyclic) bond motifs is 1. The van der Waals surface area contributed by atoms with Crippen molar-refractivity contribution < 1.29 is 23.5 Å². The molecule has 0 saturated carbocycles. The summed E-state index contributed by atoms with van der Waals surface area (Å²) in [5.41, 5.74) is 0.939. The molecule has 0 fully saturated rings. The fourth-order valence-corrected chi connectivity index (χ4v) is 4.95. The van der Waals surface area contributed by atoms with Gasteiger partial charge in [-0.15, -0.1) is 11.3 Å². The van der Waals surface area contributed by atoms with E-state index in [4.69, 9.17) is 4.42 Å². The fraction of sp³-hybridized carbons (Fsp3) is 0.0833. The summed E-state index contributed by atoms with van der Waals surface area (Å²) in [6.45, 7) is 0.201. The van der Waals surface area contributed by atoms with Crippen LogP contribution in [-0.2, 0) is 11.3 Å². The second kappa shape index (κ2) is 8.03. The van der Waals surface area contributed by atoms with E-state index in [9.17, 15) is 19.1 Å². The normalized spacial score (nSPS) is 16.4. The van der Waals surface area contributed by atoms with Gasteiger partial charge < -0.3 is 14.4 Å². The van der Waals surface area contributed by atoms with E-state index in [1.54, 1.807) is 18.2 Å². The number of amides is 1. The van der Waals surface area contributed by atoms with Gasteiger partial charge in [0.05, 0.1) is 18.2 Å². The first-order valence-corrected chi connectivity index (χ1v) is 11.4. The number of aliphatic hydroxyl groups excluding tert-OH is 1. The predicted octanol–water partition coefficient (Wildman–Crippen LogP) is 6.17. The molecule has 0 saturated heterocycles. The molecule has 1 N–H and O–H groups in total. The van der Waals surface area contributed by atoms with Gasteiger partial charge in [-0.05, 0) is 53.4 Å². The highest BCUT2D eigenvalue weighted by Gasteiger charge is 2.44. The SMILES string of the molecule is O=C(C1=C(O)C(=O)N(Cc2cccs2)C1c1ccc(F)cc1)c1cc2cc(Br)ccc2o1. The van der Waals surface area contributed by atoms with Crippen LogP contribution in [0, 0.1) is 5.82 Å². The molecule has 1 aliphatic heterocycles. The summed E-state index contributed by atoms with van der Waals surface area (Å²) < 4.78 is 20.1. The Morgan fingerprint density at radius 2 is 1.94 bits per heavy atom. The van der Waals surface area contributed by atoms with E-state index in [0.29, 0.717) is 16.5 Å². The number of hydrogen-bond acceptors (Lipinski definition) is 5. The van der Waals surface area contributed by atoms with Crippen molar-refractivity contribution >= 4 is 49.9 Å². The average molecular weight is 512 g/mol. The Labute approximate surface area is 194 Å². The summed E-state index contributed by atoms with van der Waals surface area (Å²) in [4.78, 5) is 28.8. The van der Waals surface area contributed by atoms with Crippen molar-refractivity contribution in [2.45, 2.75) is 12.6 Å². The van der Waals surface area contributed by atoms with Crippen LogP contribution in [0.5, 0.6) is 0 Å². The van der Waals surface area contributed by atoms with Gasteiger partial charge in [-0.2, -0.15) is 0 Å². The molecule has 2 aromatic heterocycles. The Kier molecular flexibility index (Phi) is 5.19. The maximum absolute atomic E-state index is 13.6. The number of thiophene rings is 1. The first kappa shape index (κ1) is 20.7. The molecule has 1 unspecified atom stereocenters. The van der Waals surface area contributed by atoms with Crippen molar-refractivity contribution in [1.29, 1.82) is 0 Å². The number of nitrogens with zero attached hydrogens (tertiary/aromatic N) is 1. The summed E-state index contributed by atoms with van der Waals surface area (Å²) in [6.07, 6.45) is 0. The van der Waals surface area contributed by atoms with E-state index in [2.05, 4.69) is 15.9 Å². The van der Waals surface area contributed by atoms with Crippen LogP contribution in [0.3, 0.4) is 0 Å². The maximum Gasteiger partial charge on any atom is 0.290 e. The first-order valence-electron chi connectivity index (χ1n) is 9.68. The van der Waals surface area contributed by atoms with Crippen molar-refractivity contribution in [1.82, 2.24) is 4.90 Å². The number of aliphatic hydroxyl groups is 1. The predicted molar refractivity (Wildman–Crippen MR) is 122 cm³/mol. The van der Waals surface area contributed by atoms with Crippen LogP contribution in [0.4, 0.5) is 4.39 Å². The Bertz CT molecular complexity index is 1380. The zero-order valence-corrected chi connectivity index (χ0v) is 18.8. The van der Waals surface area contributed by atoms with Crippen molar-refractivity contribution in [2.24, 2.45) is 0 Å². The van der Waals surface area contributed by atoms with Gasteiger partial charge in [-0.1, -0.05) is 34.1 Å². The second-order valence-corrected chi connectivity index (χ2v) is 9.30. The van der Waals surface area contributed by atoms with Crippen LogP contribution < -0.4 is 0 Å². The van der Waals surface area contributed by atoms with E-state index in [1.807, 2.05) is 23.6 Å². The van der Waals surface area contributed by atoms with Gasteiger partial charge >= 0.3 is 0 Å². The van der Waals surface area contributed by atoms with E-state index in [1.165, 1.54) is 40.5 Å². The summed E-state index contributed by atoms with van der Waals surface area (Å²) in [5, 5.41) is 13.3. The molecular formula is C24H15BrFNO4S. The molecule has 3 heterocycles. The summed E-state index contributed by atoms with van der Waals surface area (Å²) >= 11 is 4.85. The largest absolute Gasteiger partial charge is 0.503 e. The van der Waals surface area contributed by atoms with Gasteiger partial charge in [-0.3, -0.25) is 9.59 Å². The molecule has 5 rings (SSSR count). The summed E-state index contributed by atoms with van der Waals surface area (Å²) in [7, 11) is 0. The van der Waals surface area contributed by atoms with Crippen molar-refractivity contribution in [3.05, 3.63) is 104 Å². The molecular weight excluding hydrogens is 497 g/mol. The van der Waals surface area contributed by atoms with Crippen LogP contribution >= 0.6 is 27.3 Å². The number of carbonyl (C=O) groups excluding carboxylic acids is 2. The monoisotopic (exact) mass is 511 g/mol. The van der Waals surface area contributed by atoms with Gasteiger partial charge in [0, 0.05) is 14.7 Å². The highest BCUT2D eigenvalue weighted by atomic mass is 79.9. The topological polar surface area (TPSA) is 70.8 Å². The molecule has 1 amide bonds. The Hall–Kier alpha value is -3.23. The van der Waals surface area contributed by atoms with Crippen molar-refractivity contribution in [2.75, 3.05) is 0 Å². The number of rotatable bonds is 5. The van der Waals surface area contributed by atoms with Gasteiger partial charge in [0.1, 0.15) is 11.4 Å². The minimum absolute atomic E-state index is 0.0116. The van der Waals surface area contributed by atoms with E-state index < -0.39 is 29.3 Å². The summed E-state index contributed by atoms with van der Waals surface area (Å²) in [5.74, 6) is -2.30. The van der Waals surface area contributed by atoms with Crippen LogP contribution in [0.2, 0.25) is 0 Å². The second-order valence-electron chi connectivity index (χ2n) is 7.35. The van der Waals surface area contributed by atoms with Crippen molar-refractivity contribution in [3.63, 3.8) is 0 Å². The Balaban J connectivity index is 1.60. The van der Waals surface area contributed by atoms with E-state index >= 15 is 0 Å². The molecule has 0 bridgehead atoms. The van der Waals surface area contributed by atoms with Gasteiger partial charge in [0.2, 0.25) is 5.78 Å². The quantitative estimate of drug-likeness (QED) is 0.325. The van der Waals surface area contributed by atoms with Crippen LogP contribution in [0.15, 0.2) is 86.3 Å². The highest BCUT2D eigenvalue weighted by Crippen LogP contribution is 2.41. The van der Waals surface area contributed by atoms with Gasteiger partial charge in [-0.25, -0.2) is 4.39 Å². The van der Waals surface area contributed by atoms with E-state index in [-0.39, 0.29) is 17.9 Å². The van der Waals surface area contributed by atoms with Gasteiger partial charge in [0.25, 0.3) is 5.91 Å². The smallest absolute Gasteiger partial charge is 0.290 e. The molecule has 2 aromatic carbocycles. The molecule has 8 heteroatoms. The molecule has 5 nitrogen and oxygen atoms in total. The molecule has 1 atom stereocenters. The number of halogens is 2. The highest BCUT2D eigenvalue weighted by molar-refractivity contribution is 9.10. The van der Waals surface area contributed by atoms with E-state index in [0.717, 1.165) is 9.35 Å². The summed E-state index contributed by atoms with van der Waals surface area (Å²) in [6, 6.07) is 15.3. The third kappa shape index (κ3) is 3.55. The number of carbonyl (C=O) groups is 2. The molecule has 0 spiro atoms. The maximum atomic E-state index is 13.6. The molecule has 160 valence electrons. The number of Topliss-reactive ketones (excluding diaryl/α,β-unsaturated/α-hetero) is 1. The zero-order chi connectivity index (χ0) is 22.4. The Morgan fingerprint density at radius 1 is 1.16 bits per heavy atom. The lowest BCUT2D eigenvalue weighted by molar-refractivity contribution is -0.130. The third-order valence-corrected chi connectivity index (χ3v) is 6.70. The first-order chi connectivity index (χ1) is 15.4. The van der Waals surface area contributed by atoms with Gasteiger partial charge in [0.15, 0.2) is 11.5 Å². The van der Waals surface area contributed by atoms with Crippen LogP contribution in [0.1, 0.15) is 27.0 Å². The molecule has 32 heavy (non-hydrogen) atoms. The minimum Gasteiger partial charge on any atom is -0.503 e. The lowest BCUT2D eigenvalue weighted by Gasteiger charge is -2.26. The number of benzene rings is 2. The number of furan rings is 1.